The number of aryl methyl sites for hydroxylation is 1. The summed E-state index contributed by atoms with van der Waals surface area (Å²) in [6, 6.07) is 5.15. The van der Waals surface area contributed by atoms with Crippen LogP contribution in [-0.2, 0) is 6.54 Å². The Kier molecular flexibility index (Phi) is 4.56. The van der Waals surface area contributed by atoms with Crippen molar-refractivity contribution in [3.05, 3.63) is 46.5 Å². The summed E-state index contributed by atoms with van der Waals surface area (Å²) in [4.78, 5) is 0. The van der Waals surface area contributed by atoms with Gasteiger partial charge in [0.25, 0.3) is 0 Å². The van der Waals surface area contributed by atoms with E-state index >= 15 is 0 Å². The summed E-state index contributed by atoms with van der Waals surface area (Å²) >= 11 is 5.93. The number of hydrogen-bond acceptors (Lipinski definition) is 2. The third-order valence-corrected chi connectivity index (χ3v) is 3.22. The van der Waals surface area contributed by atoms with Crippen LogP contribution >= 0.6 is 11.6 Å². The molecular weight excluding hydrogens is 265 g/mol. The second kappa shape index (κ2) is 6.17. The van der Waals surface area contributed by atoms with Gasteiger partial charge in [-0.2, -0.15) is 5.10 Å². The number of aromatic nitrogens is 2. The van der Waals surface area contributed by atoms with Crippen LogP contribution in [0.1, 0.15) is 24.6 Å². The molecule has 0 saturated carbocycles. The maximum Gasteiger partial charge on any atom is 0.149 e. The molecule has 0 bridgehead atoms. The molecule has 1 aromatic carbocycles. The highest BCUT2D eigenvalue weighted by molar-refractivity contribution is 6.31. The lowest BCUT2D eigenvalue weighted by molar-refractivity contribution is 0.603. The first kappa shape index (κ1) is 14.0. The van der Waals surface area contributed by atoms with Crippen LogP contribution < -0.4 is 5.32 Å². The SMILES string of the molecule is CCCNCc1ccc(-n2cc(Cl)c(C)n2)c(F)c1. The number of rotatable bonds is 5. The zero-order valence-corrected chi connectivity index (χ0v) is 11.8. The van der Waals surface area contributed by atoms with Crippen molar-refractivity contribution in [1.29, 1.82) is 0 Å². The van der Waals surface area contributed by atoms with Gasteiger partial charge < -0.3 is 5.32 Å². The normalized spacial score (nSPS) is 10.9. The second-order valence-electron chi connectivity index (χ2n) is 4.47. The molecule has 3 nitrogen and oxygen atoms in total. The van der Waals surface area contributed by atoms with Crippen molar-refractivity contribution < 1.29 is 4.39 Å². The van der Waals surface area contributed by atoms with E-state index in [0.717, 1.165) is 18.5 Å². The van der Waals surface area contributed by atoms with E-state index in [2.05, 4.69) is 17.3 Å². The van der Waals surface area contributed by atoms with Crippen LogP contribution in [0.2, 0.25) is 5.02 Å². The van der Waals surface area contributed by atoms with E-state index in [0.29, 0.717) is 22.9 Å². The highest BCUT2D eigenvalue weighted by Crippen LogP contribution is 2.19. The van der Waals surface area contributed by atoms with Crippen molar-refractivity contribution in [2.75, 3.05) is 6.54 Å². The topological polar surface area (TPSA) is 29.9 Å². The molecule has 0 radical (unpaired) electrons. The Morgan fingerprint density at radius 2 is 2.21 bits per heavy atom. The highest BCUT2D eigenvalue weighted by atomic mass is 35.5. The number of hydrogen-bond donors (Lipinski definition) is 1. The summed E-state index contributed by atoms with van der Waals surface area (Å²) < 4.78 is 15.5. The molecule has 19 heavy (non-hydrogen) atoms. The van der Waals surface area contributed by atoms with Gasteiger partial charge in [0, 0.05) is 12.7 Å². The first-order valence-electron chi connectivity index (χ1n) is 6.33. The summed E-state index contributed by atoms with van der Waals surface area (Å²) in [5.41, 5.74) is 2.02. The van der Waals surface area contributed by atoms with Gasteiger partial charge >= 0.3 is 0 Å². The Labute approximate surface area is 117 Å². The van der Waals surface area contributed by atoms with Crippen molar-refractivity contribution in [1.82, 2.24) is 15.1 Å². The molecule has 2 rings (SSSR count). The third-order valence-electron chi connectivity index (χ3n) is 2.85. The molecule has 0 atom stereocenters. The lowest BCUT2D eigenvalue weighted by atomic mass is 10.2. The molecule has 1 heterocycles. The van der Waals surface area contributed by atoms with Crippen molar-refractivity contribution in [3.8, 4) is 5.69 Å². The minimum atomic E-state index is -0.296. The maximum atomic E-state index is 14.1. The summed E-state index contributed by atoms with van der Waals surface area (Å²) in [7, 11) is 0. The molecule has 1 N–H and O–H groups in total. The molecule has 0 unspecified atom stereocenters. The molecule has 0 aliphatic carbocycles. The standard InChI is InChI=1S/C14H17ClFN3/c1-3-6-17-8-11-4-5-14(13(16)7-11)19-9-12(15)10(2)18-19/h4-5,7,9,17H,3,6,8H2,1-2H3. The first-order valence-corrected chi connectivity index (χ1v) is 6.71. The fraction of sp³-hybridized carbons (Fsp3) is 0.357. The summed E-state index contributed by atoms with van der Waals surface area (Å²) in [6.07, 6.45) is 2.68. The molecule has 0 aliphatic rings. The number of nitrogens with zero attached hydrogens (tertiary/aromatic N) is 2. The van der Waals surface area contributed by atoms with E-state index in [1.807, 2.05) is 6.07 Å². The van der Waals surface area contributed by atoms with Gasteiger partial charge in [-0.05, 0) is 37.6 Å². The van der Waals surface area contributed by atoms with E-state index < -0.39 is 0 Å². The smallest absolute Gasteiger partial charge is 0.149 e. The van der Waals surface area contributed by atoms with E-state index in [1.165, 1.54) is 10.7 Å². The minimum Gasteiger partial charge on any atom is -0.313 e. The van der Waals surface area contributed by atoms with Crippen LogP contribution in [0.4, 0.5) is 4.39 Å². The largest absolute Gasteiger partial charge is 0.313 e. The Balaban J connectivity index is 2.19. The highest BCUT2D eigenvalue weighted by Gasteiger charge is 2.09. The van der Waals surface area contributed by atoms with Crippen molar-refractivity contribution in [2.45, 2.75) is 26.8 Å². The van der Waals surface area contributed by atoms with Crippen LogP contribution in [0.5, 0.6) is 0 Å². The zero-order chi connectivity index (χ0) is 13.8. The van der Waals surface area contributed by atoms with Crippen LogP contribution in [0.25, 0.3) is 5.69 Å². The third kappa shape index (κ3) is 3.33. The van der Waals surface area contributed by atoms with Crippen molar-refractivity contribution >= 4 is 11.6 Å². The van der Waals surface area contributed by atoms with E-state index in [1.54, 1.807) is 19.2 Å². The van der Waals surface area contributed by atoms with Crippen LogP contribution in [0, 0.1) is 12.7 Å². The fourth-order valence-electron chi connectivity index (χ4n) is 1.82. The number of halogens is 2. The second-order valence-corrected chi connectivity index (χ2v) is 4.88. The monoisotopic (exact) mass is 281 g/mol. The average Bonchev–Trinajstić information content (AvgIpc) is 2.70. The van der Waals surface area contributed by atoms with E-state index in [9.17, 15) is 4.39 Å². The van der Waals surface area contributed by atoms with Crippen molar-refractivity contribution in [2.24, 2.45) is 0 Å². The molecule has 1 aromatic heterocycles. The number of benzene rings is 1. The van der Waals surface area contributed by atoms with Crippen LogP contribution in [0.15, 0.2) is 24.4 Å². The van der Waals surface area contributed by atoms with E-state index in [-0.39, 0.29) is 5.82 Å². The van der Waals surface area contributed by atoms with Gasteiger partial charge in [0.15, 0.2) is 0 Å². The predicted octanol–water partition coefficient (Wildman–Crippen LogP) is 3.47. The predicted molar refractivity (Wildman–Crippen MR) is 75.3 cm³/mol. The molecule has 0 saturated heterocycles. The Hall–Kier alpha value is -1.39. The molecular formula is C14H17ClFN3. The molecule has 102 valence electrons. The van der Waals surface area contributed by atoms with Gasteiger partial charge in [-0.15, -0.1) is 0 Å². The maximum absolute atomic E-state index is 14.1. The molecule has 0 amide bonds. The molecule has 2 aromatic rings. The Morgan fingerprint density at radius 1 is 1.42 bits per heavy atom. The average molecular weight is 282 g/mol. The lowest BCUT2D eigenvalue weighted by Gasteiger charge is -2.07. The Morgan fingerprint density at radius 3 is 2.79 bits per heavy atom. The summed E-state index contributed by atoms with van der Waals surface area (Å²) in [5, 5.41) is 7.95. The summed E-state index contributed by atoms with van der Waals surface area (Å²) in [6.45, 7) is 5.49. The lowest BCUT2D eigenvalue weighted by Crippen LogP contribution is -2.14. The quantitative estimate of drug-likeness (QED) is 0.851. The Bertz CT molecular complexity index is 546. The van der Waals surface area contributed by atoms with Crippen molar-refractivity contribution in [3.63, 3.8) is 0 Å². The molecule has 0 fully saturated rings. The number of nitrogens with one attached hydrogen (secondary N) is 1. The van der Waals surface area contributed by atoms with Crippen LogP contribution in [-0.4, -0.2) is 16.3 Å². The molecule has 5 heteroatoms. The van der Waals surface area contributed by atoms with Gasteiger partial charge in [-0.25, -0.2) is 9.07 Å². The summed E-state index contributed by atoms with van der Waals surface area (Å²) in [5.74, 6) is -0.296. The zero-order valence-electron chi connectivity index (χ0n) is 11.1. The molecule has 0 aliphatic heterocycles. The van der Waals surface area contributed by atoms with Gasteiger partial charge in [0.1, 0.15) is 11.5 Å². The van der Waals surface area contributed by atoms with E-state index in [4.69, 9.17) is 11.6 Å². The van der Waals surface area contributed by atoms with Gasteiger partial charge in [0.05, 0.1) is 10.7 Å². The first-order chi connectivity index (χ1) is 9.11. The fourth-order valence-corrected chi connectivity index (χ4v) is 1.95. The van der Waals surface area contributed by atoms with Gasteiger partial charge in [-0.3, -0.25) is 0 Å². The van der Waals surface area contributed by atoms with Crippen LogP contribution in [0.3, 0.4) is 0 Å². The molecule has 0 spiro atoms. The van der Waals surface area contributed by atoms with Gasteiger partial charge in [0.2, 0.25) is 0 Å². The van der Waals surface area contributed by atoms with Gasteiger partial charge in [-0.1, -0.05) is 24.6 Å². The minimum absolute atomic E-state index is 0.296.